The van der Waals surface area contributed by atoms with Crippen LogP contribution in [0.3, 0.4) is 0 Å². The third-order valence-electron chi connectivity index (χ3n) is 3.69. The molecule has 0 bridgehead atoms. The minimum Gasteiger partial charge on any atom is -0.383 e. The topological polar surface area (TPSA) is 38.3 Å². The molecule has 0 amide bonds. The Bertz CT molecular complexity index is 391. The summed E-state index contributed by atoms with van der Waals surface area (Å²) in [6.45, 7) is 4.53. The van der Waals surface area contributed by atoms with Crippen LogP contribution < -0.4 is 5.32 Å². The number of methoxy groups -OCH3 is 1. The first kappa shape index (κ1) is 17.9. The Balaban J connectivity index is 2.61. The van der Waals surface area contributed by atoms with E-state index in [2.05, 4.69) is 36.5 Å². The number of ether oxygens (including phenoxy) is 1. The zero-order chi connectivity index (χ0) is 15.5. The molecule has 0 fully saturated rings. The first-order chi connectivity index (χ1) is 10.2. The molecule has 0 heterocycles. The highest BCUT2D eigenvalue weighted by molar-refractivity contribution is 5.75. The summed E-state index contributed by atoms with van der Waals surface area (Å²) in [6, 6.07) is 11.1. The van der Waals surface area contributed by atoms with Gasteiger partial charge < -0.3 is 14.8 Å². The Morgan fingerprint density at radius 3 is 2.52 bits per heavy atom. The predicted octanol–water partition coefficient (Wildman–Crippen LogP) is 3.89. The summed E-state index contributed by atoms with van der Waals surface area (Å²) < 4.78 is 5.36. The van der Waals surface area contributed by atoms with Crippen molar-refractivity contribution in [1.82, 2.24) is 5.32 Å². The average Bonchev–Trinajstić information content (AvgIpc) is 2.47. The molecular weight excluding hydrogens is 262 g/mol. The van der Waals surface area contributed by atoms with Crippen molar-refractivity contribution >= 4 is 5.78 Å². The lowest BCUT2D eigenvalue weighted by Gasteiger charge is -2.25. The molecule has 1 aromatic rings. The molecular formula is C18H29NO2. The van der Waals surface area contributed by atoms with Gasteiger partial charge >= 0.3 is 0 Å². The Morgan fingerprint density at radius 1 is 1.24 bits per heavy atom. The van der Waals surface area contributed by atoms with Crippen LogP contribution in [0.25, 0.3) is 0 Å². The molecule has 0 radical (unpaired) electrons. The van der Waals surface area contributed by atoms with Gasteiger partial charge in [-0.15, -0.1) is 0 Å². The van der Waals surface area contributed by atoms with E-state index in [1.165, 1.54) is 5.56 Å². The molecule has 2 atom stereocenters. The minimum absolute atomic E-state index is 0.213. The Labute approximate surface area is 129 Å². The van der Waals surface area contributed by atoms with Gasteiger partial charge in [-0.1, -0.05) is 43.7 Å². The van der Waals surface area contributed by atoms with Crippen LogP contribution >= 0.6 is 0 Å². The van der Waals surface area contributed by atoms with Crippen LogP contribution in [0.5, 0.6) is 0 Å². The van der Waals surface area contributed by atoms with Crippen LogP contribution in [0.4, 0.5) is 0 Å². The van der Waals surface area contributed by atoms with Crippen LogP contribution in [0.2, 0.25) is 0 Å². The van der Waals surface area contributed by atoms with E-state index in [1.54, 1.807) is 14.0 Å². The van der Waals surface area contributed by atoms with E-state index in [9.17, 15) is 4.79 Å². The number of rotatable bonds is 11. The summed E-state index contributed by atoms with van der Waals surface area (Å²) in [4.78, 5) is 11.1. The van der Waals surface area contributed by atoms with Crippen molar-refractivity contribution in [3.8, 4) is 0 Å². The number of carbonyl (C=O) groups excluding carboxylic acids is 1. The number of nitrogens with one attached hydrogen (secondary N) is 1. The molecule has 1 N–H and O–H groups in total. The number of carbonyl (C=O) groups is 1. The van der Waals surface area contributed by atoms with Gasteiger partial charge in [-0.2, -0.15) is 0 Å². The molecule has 1 aromatic carbocycles. The third-order valence-corrected chi connectivity index (χ3v) is 3.69. The first-order valence-electron chi connectivity index (χ1n) is 7.96. The molecule has 118 valence electrons. The van der Waals surface area contributed by atoms with Crippen molar-refractivity contribution in [3.63, 3.8) is 0 Å². The lowest BCUT2D eigenvalue weighted by atomic mass is 10.0. The van der Waals surface area contributed by atoms with E-state index in [1.807, 2.05) is 6.07 Å². The zero-order valence-corrected chi connectivity index (χ0v) is 13.6. The molecule has 0 aromatic heterocycles. The average molecular weight is 291 g/mol. The molecule has 0 spiro atoms. The van der Waals surface area contributed by atoms with E-state index in [0.717, 1.165) is 25.7 Å². The van der Waals surface area contributed by atoms with E-state index in [4.69, 9.17) is 4.74 Å². The molecule has 3 nitrogen and oxygen atoms in total. The molecule has 0 saturated carbocycles. The first-order valence-corrected chi connectivity index (χ1v) is 7.96. The van der Waals surface area contributed by atoms with E-state index >= 15 is 0 Å². The van der Waals surface area contributed by atoms with E-state index in [-0.39, 0.29) is 11.8 Å². The van der Waals surface area contributed by atoms with Crippen LogP contribution in [0.15, 0.2) is 30.3 Å². The highest BCUT2D eigenvalue weighted by Gasteiger charge is 2.16. The normalized spacial score (nSPS) is 13.9. The third kappa shape index (κ3) is 7.39. The highest BCUT2D eigenvalue weighted by Crippen LogP contribution is 2.17. The van der Waals surface area contributed by atoms with Crippen LogP contribution in [0.1, 0.15) is 57.6 Å². The van der Waals surface area contributed by atoms with Crippen LogP contribution in [-0.2, 0) is 9.53 Å². The van der Waals surface area contributed by atoms with Crippen molar-refractivity contribution in [2.24, 2.45) is 0 Å². The number of benzene rings is 1. The molecule has 0 unspecified atom stereocenters. The largest absolute Gasteiger partial charge is 0.383 e. The van der Waals surface area contributed by atoms with Gasteiger partial charge in [0.15, 0.2) is 0 Å². The molecule has 0 aliphatic carbocycles. The van der Waals surface area contributed by atoms with Crippen LogP contribution in [-0.4, -0.2) is 25.5 Å². The summed E-state index contributed by atoms with van der Waals surface area (Å²) in [5.41, 5.74) is 1.26. The van der Waals surface area contributed by atoms with E-state index < -0.39 is 0 Å². The fourth-order valence-electron chi connectivity index (χ4n) is 2.63. The van der Waals surface area contributed by atoms with E-state index in [0.29, 0.717) is 19.1 Å². The molecule has 0 aliphatic rings. The summed E-state index contributed by atoms with van der Waals surface area (Å²) >= 11 is 0. The molecule has 1 rings (SSSR count). The second-order valence-corrected chi connectivity index (χ2v) is 5.67. The Morgan fingerprint density at radius 2 is 1.95 bits per heavy atom. The number of hydrogen-bond acceptors (Lipinski definition) is 3. The van der Waals surface area contributed by atoms with Gasteiger partial charge in [0.2, 0.25) is 0 Å². The van der Waals surface area contributed by atoms with Gasteiger partial charge in [-0.05, 0) is 31.7 Å². The second-order valence-electron chi connectivity index (χ2n) is 5.67. The summed E-state index contributed by atoms with van der Waals surface area (Å²) in [7, 11) is 1.74. The number of Topliss-reactive ketones (excluding diaryl/α,β-unsaturated/α-hetero) is 1. The fraction of sp³-hybridized carbons (Fsp3) is 0.611. The number of hydrogen-bond donors (Lipinski definition) is 1. The maximum atomic E-state index is 11.1. The van der Waals surface area contributed by atoms with Crippen molar-refractivity contribution in [2.75, 3.05) is 13.7 Å². The molecule has 21 heavy (non-hydrogen) atoms. The fourth-order valence-corrected chi connectivity index (χ4v) is 2.63. The SMILES string of the molecule is CCC[C@@H](CCCC(C)=O)N[C@@H](COC)c1ccccc1. The van der Waals surface area contributed by atoms with Gasteiger partial charge in [0, 0.05) is 19.6 Å². The summed E-state index contributed by atoms with van der Waals surface area (Å²) in [6.07, 6.45) is 4.96. The Kier molecular flexibility index (Phi) is 8.95. The van der Waals surface area contributed by atoms with Gasteiger partial charge in [0.1, 0.15) is 5.78 Å². The summed E-state index contributed by atoms with van der Waals surface area (Å²) in [5.74, 6) is 0.279. The standard InChI is InChI=1S/C18H29NO2/c1-4-9-17(13-8-10-15(2)20)19-18(14-21-3)16-11-6-5-7-12-16/h5-7,11-12,17-19H,4,8-10,13-14H2,1-3H3/t17-,18-/m0/s1. The van der Waals surface area contributed by atoms with Crippen LogP contribution in [0, 0.1) is 0 Å². The highest BCUT2D eigenvalue weighted by atomic mass is 16.5. The quantitative estimate of drug-likeness (QED) is 0.672. The Hall–Kier alpha value is -1.19. The maximum absolute atomic E-state index is 11.1. The van der Waals surface area contributed by atoms with Gasteiger partial charge in [0.05, 0.1) is 12.6 Å². The van der Waals surface area contributed by atoms with Crippen molar-refractivity contribution in [1.29, 1.82) is 0 Å². The lowest BCUT2D eigenvalue weighted by molar-refractivity contribution is -0.117. The van der Waals surface area contributed by atoms with Crippen molar-refractivity contribution < 1.29 is 9.53 Å². The molecule has 0 saturated heterocycles. The monoisotopic (exact) mass is 291 g/mol. The minimum atomic E-state index is 0.213. The second kappa shape index (κ2) is 10.5. The summed E-state index contributed by atoms with van der Waals surface area (Å²) in [5, 5.41) is 3.71. The van der Waals surface area contributed by atoms with Gasteiger partial charge in [0.25, 0.3) is 0 Å². The maximum Gasteiger partial charge on any atom is 0.129 e. The van der Waals surface area contributed by atoms with Gasteiger partial charge in [-0.25, -0.2) is 0 Å². The zero-order valence-electron chi connectivity index (χ0n) is 13.6. The lowest BCUT2D eigenvalue weighted by Crippen LogP contribution is -2.35. The van der Waals surface area contributed by atoms with Gasteiger partial charge in [-0.3, -0.25) is 0 Å². The van der Waals surface area contributed by atoms with Crippen molar-refractivity contribution in [3.05, 3.63) is 35.9 Å². The molecule has 3 heteroatoms. The number of ketones is 1. The molecule has 0 aliphatic heterocycles. The predicted molar refractivity (Wildman–Crippen MR) is 87.4 cm³/mol. The van der Waals surface area contributed by atoms with Crippen molar-refractivity contribution in [2.45, 2.75) is 58.0 Å². The smallest absolute Gasteiger partial charge is 0.129 e.